The SMILES string of the molecule is COc1cccc([C@@H](c2ccc3c(cnn3-c3ccc(F)cc3)c2)[C@@H](CO)NC(=O)c2cc(C)on2)c1. The third-order valence-electron chi connectivity index (χ3n) is 6.25. The lowest BCUT2D eigenvalue weighted by molar-refractivity contribution is 0.0901. The molecule has 0 bridgehead atoms. The molecular weight excluding hydrogens is 475 g/mol. The minimum Gasteiger partial charge on any atom is -0.497 e. The summed E-state index contributed by atoms with van der Waals surface area (Å²) in [6.45, 7) is 1.38. The number of methoxy groups -OCH3 is 1. The molecule has 2 aromatic heterocycles. The number of amides is 1. The van der Waals surface area contributed by atoms with Crippen LogP contribution in [-0.4, -0.2) is 45.7 Å². The number of aromatic nitrogens is 3. The van der Waals surface area contributed by atoms with E-state index >= 15 is 0 Å². The number of carbonyl (C=O) groups is 1. The maximum Gasteiger partial charge on any atom is 0.273 e. The van der Waals surface area contributed by atoms with Gasteiger partial charge >= 0.3 is 0 Å². The monoisotopic (exact) mass is 500 g/mol. The Hall–Kier alpha value is -4.50. The fourth-order valence-corrected chi connectivity index (χ4v) is 4.48. The van der Waals surface area contributed by atoms with Crippen molar-refractivity contribution < 1.29 is 23.6 Å². The molecule has 0 fully saturated rings. The number of nitrogens with zero attached hydrogens (tertiary/aromatic N) is 3. The number of carbonyl (C=O) groups excluding carboxylic acids is 1. The molecule has 0 aliphatic heterocycles. The van der Waals surface area contributed by atoms with E-state index < -0.39 is 17.9 Å². The van der Waals surface area contributed by atoms with Crippen LogP contribution in [0.4, 0.5) is 4.39 Å². The van der Waals surface area contributed by atoms with Crippen LogP contribution in [0.25, 0.3) is 16.6 Å². The van der Waals surface area contributed by atoms with E-state index in [1.165, 1.54) is 12.1 Å². The summed E-state index contributed by atoms with van der Waals surface area (Å²) < 4.78 is 25.6. The first-order valence-corrected chi connectivity index (χ1v) is 11.7. The Morgan fingerprint density at radius 2 is 1.89 bits per heavy atom. The minimum absolute atomic E-state index is 0.136. The summed E-state index contributed by atoms with van der Waals surface area (Å²) in [4.78, 5) is 12.9. The average Bonchev–Trinajstić information content (AvgIpc) is 3.55. The Morgan fingerprint density at radius 3 is 2.59 bits per heavy atom. The second-order valence-corrected chi connectivity index (χ2v) is 8.69. The van der Waals surface area contributed by atoms with E-state index in [0.717, 1.165) is 27.7 Å². The summed E-state index contributed by atoms with van der Waals surface area (Å²) in [6.07, 6.45) is 1.73. The third kappa shape index (κ3) is 4.94. The van der Waals surface area contributed by atoms with Gasteiger partial charge in [-0.3, -0.25) is 4.79 Å². The molecule has 0 unspecified atom stereocenters. The maximum absolute atomic E-state index is 13.4. The molecular formula is C28H25FN4O4. The van der Waals surface area contributed by atoms with E-state index in [1.807, 2.05) is 42.5 Å². The molecule has 3 aromatic carbocycles. The maximum atomic E-state index is 13.4. The van der Waals surface area contributed by atoms with Crippen LogP contribution in [0.1, 0.15) is 33.3 Å². The summed E-state index contributed by atoms with van der Waals surface area (Å²) in [5.41, 5.74) is 3.41. The predicted molar refractivity (Wildman–Crippen MR) is 135 cm³/mol. The Labute approximate surface area is 212 Å². The van der Waals surface area contributed by atoms with Gasteiger partial charge in [0.25, 0.3) is 5.91 Å². The number of hydrogen-bond acceptors (Lipinski definition) is 6. The summed E-state index contributed by atoms with van der Waals surface area (Å²) in [5, 5.41) is 22.4. The van der Waals surface area contributed by atoms with Crippen molar-refractivity contribution in [3.8, 4) is 11.4 Å². The fourth-order valence-electron chi connectivity index (χ4n) is 4.48. The van der Waals surface area contributed by atoms with E-state index in [9.17, 15) is 14.3 Å². The van der Waals surface area contributed by atoms with Gasteiger partial charge in [-0.25, -0.2) is 9.07 Å². The van der Waals surface area contributed by atoms with Gasteiger partial charge in [0.05, 0.1) is 37.2 Å². The van der Waals surface area contributed by atoms with E-state index in [1.54, 1.807) is 43.1 Å². The number of aryl methyl sites for hydroxylation is 1. The Kier molecular flexibility index (Phi) is 6.70. The number of nitrogens with one attached hydrogen (secondary N) is 1. The molecule has 5 aromatic rings. The van der Waals surface area contributed by atoms with Crippen LogP contribution in [0, 0.1) is 12.7 Å². The number of fused-ring (bicyclic) bond motifs is 1. The number of benzene rings is 3. The zero-order valence-electron chi connectivity index (χ0n) is 20.3. The van der Waals surface area contributed by atoms with Crippen molar-refractivity contribution in [2.75, 3.05) is 13.7 Å². The van der Waals surface area contributed by atoms with Gasteiger partial charge < -0.3 is 19.7 Å². The molecule has 0 saturated carbocycles. The Bertz CT molecular complexity index is 1540. The van der Waals surface area contributed by atoms with Crippen molar-refractivity contribution in [2.45, 2.75) is 18.9 Å². The highest BCUT2D eigenvalue weighted by Crippen LogP contribution is 2.33. The fraction of sp³-hybridized carbons (Fsp3) is 0.179. The molecule has 188 valence electrons. The zero-order valence-corrected chi connectivity index (χ0v) is 20.3. The van der Waals surface area contributed by atoms with Gasteiger partial charge in [0.15, 0.2) is 5.69 Å². The second kappa shape index (κ2) is 10.2. The second-order valence-electron chi connectivity index (χ2n) is 8.69. The first kappa shape index (κ1) is 24.2. The number of rotatable bonds is 8. The van der Waals surface area contributed by atoms with Gasteiger partial charge in [-0.2, -0.15) is 5.10 Å². The lowest BCUT2D eigenvalue weighted by Gasteiger charge is -2.28. The third-order valence-corrected chi connectivity index (χ3v) is 6.25. The van der Waals surface area contributed by atoms with Crippen LogP contribution in [0.3, 0.4) is 0 Å². The highest BCUT2D eigenvalue weighted by molar-refractivity contribution is 5.92. The summed E-state index contributed by atoms with van der Waals surface area (Å²) in [5.74, 6) is -0.0207. The molecule has 0 aliphatic carbocycles. The number of halogens is 1. The highest BCUT2D eigenvalue weighted by atomic mass is 19.1. The largest absolute Gasteiger partial charge is 0.497 e. The van der Waals surface area contributed by atoms with Crippen molar-refractivity contribution in [3.05, 3.63) is 107 Å². The molecule has 2 N–H and O–H groups in total. The molecule has 0 spiro atoms. The average molecular weight is 501 g/mol. The molecule has 0 radical (unpaired) electrons. The molecule has 2 heterocycles. The van der Waals surface area contributed by atoms with E-state index in [4.69, 9.17) is 9.26 Å². The summed E-state index contributed by atoms with van der Waals surface area (Å²) in [7, 11) is 1.59. The molecule has 8 nitrogen and oxygen atoms in total. The molecule has 9 heteroatoms. The predicted octanol–water partition coefficient (Wildman–Crippen LogP) is 4.39. The molecule has 0 saturated heterocycles. The first-order valence-electron chi connectivity index (χ1n) is 11.7. The smallest absolute Gasteiger partial charge is 0.273 e. The summed E-state index contributed by atoms with van der Waals surface area (Å²) in [6, 6.07) is 20.3. The lowest BCUT2D eigenvalue weighted by atomic mass is 9.84. The van der Waals surface area contributed by atoms with Crippen molar-refractivity contribution in [2.24, 2.45) is 0 Å². The van der Waals surface area contributed by atoms with Crippen LogP contribution in [-0.2, 0) is 0 Å². The Balaban J connectivity index is 1.56. The van der Waals surface area contributed by atoms with Gasteiger partial charge in [0.2, 0.25) is 0 Å². The number of ether oxygens (including phenoxy) is 1. The van der Waals surface area contributed by atoms with Crippen LogP contribution in [0.2, 0.25) is 0 Å². The zero-order chi connectivity index (χ0) is 25.9. The van der Waals surface area contributed by atoms with E-state index in [0.29, 0.717) is 11.5 Å². The van der Waals surface area contributed by atoms with Crippen LogP contribution in [0.5, 0.6) is 5.75 Å². The van der Waals surface area contributed by atoms with Crippen molar-refractivity contribution in [3.63, 3.8) is 0 Å². The number of aliphatic hydroxyl groups is 1. The topological polar surface area (TPSA) is 102 Å². The molecule has 1 amide bonds. The van der Waals surface area contributed by atoms with Crippen LogP contribution in [0.15, 0.2) is 83.5 Å². The molecule has 37 heavy (non-hydrogen) atoms. The highest BCUT2D eigenvalue weighted by Gasteiger charge is 2.28. The van der Waals surface area contributed by atoms with Crippen LogP contribution < -0.4 is 10.1 Å². The standard InChI is InChI=1S/C28H25FN4O4/c1-17-12-24(32-37-17)28(35)31-25(16-34)27(18-4-3-5-23(14-18)36-2)19-6-11-26-20(13-19)15-30-33(26)22-9-7-21(29)8-10-22/h3-15,25,27,34H,16H2,1-2H3,(H,31,35)/t25-,27+/m1/s1. The normalized spacial score (nSPS) is 12.9. The van der Waals surface area contributed by atoms with Crippen molar-refractivity contribution >= 4 is 16.8 Å². The molecule has 5 rings (SSSR count). The molecule has 0 aliphatic rings. The van der Waals surface area contributed by atoms with Gasteiger partial charge in [0, 0.05) is 17.4 Å². The number of hydrogen-bond donors (Lipinski definition) is 2. The number of aliphatic hydroxyl groups excluding tert-OH is 1. The van der Waals surface area contributed by atoms with E-state index in [2.05, 4.69) is 15.6 Å². The van der Waals surface area contributed by atoms with Crippen LogP contribution >= 0.6 is 0 Å². The van der Waals surface area contributed by atoms with Gasteiger partial charge in [-0.05, 0) is 66.6 Å². The molecule has 2 atom stereocenters. The van der Waals surface area contributed by atoms with Gasteiger partial charge in [-0.15, -0.1) is 0 Å². The quantitative estimate of drug-likeness (QED) is 0.328. The van der Waals surface area contributed by atoms with E-state index in [-0.39, 0.29) is 18.1 Å². The van der Waals surface area contributed by atoms with Crippen molar-refractivity contribution in [1.82, 2.24) is 20.3 Å². The van der Waals surface area contributed by atoms with Crippen molar-refractivity contribution in [1.29, 1.82) is 0 Å². The Morgan fingerprint density at radius 1 is 1.11 bits per heavy atom. The minimum atomic E-state index is -0.679. The van der Waals surface area contributed by atoms with Gasteiger partial charge in [0.1, 0.15) is 17.3 Å². The van der Waals surface area contributed by atoms with Gasteiger partial charge in [-0.1, -0.05) is 23.4 Å². The summed E-state index contributed by atoms with van der Waals surface area (Å²) >= 11 is 0. The lowest BCUT2D eigenvalue weighted by Crippen LogP contribution is -2.42. The first-order chi connectivity index (χ1) is 18.0.